The minimum absolute atomic E-state index is 0.0294. The van der Waals surface area contributed by atoms with E-state index in [1.54, 1.807) is 24.3 Å². The zero-order chi connectivity index (χ0) is 19.8. The van der Waals surface area contributed by atoms with Crippen molar-refractivity contribution in [1.29, 1.82) is 0 Å². The van der Waals surface area contributed by atoms with E-state index in [9.17, 15) is 4.57 Å². The van der Waals surface area contributed by atoms with Crippen LogP contribution in [0.5, 0.6) is 11.5 Å². The van der Waals surface area contributed by atoms with Gasteiger partial charge in [-0.15, -0.1) is 5.20 Å². The first-order chi connectivity index (χ1) is 13.6. The van der Waals surface area contributed by atoms with Crippen molar-refractivity contribution in [1.82, 2.24) is 10.2 Å². The van der Waals surface area contributed by atoms with E-state index in [2.05, 4.69) is 5.20 Å². The van der Waals surface area contributed by atoms with E-state index < -0.39 is 7.75 Å². The van der Waals surface area contributed by atoms with Crippen LogP contribution >= 0.6 is 7.75 Å². The van der Waals surface area contributed by atoms with Gasteiger partial charge in [0.15, 0.2) is 0 Å². The van der Waals surface area contributed by atoms with Gasteiger partial charge in [-0.2, -0.15) is 0 Å². The fourth-order valence-electron chi connectivity index (χ4n) is 2.80. The summed E-state index contributed by atoms with van der Waals surface area (Å²) in [5.41, 5.74) is 1.10. The predicted octanol–water partition coefficient (Wildman–Crippen LogP) is 5.84. The molecule has 3 rings (SSSR count). The topological polar surface area (TPSA) is 50.8 Å². The van der Waals surface area contributed by atoms with Crippen molar-refractivity contribution in [3.8, 4) is 11.5 Å². The van der Waals surface area contributed by atoms with E-state index >= 15 is 0 Å². The van der Waals surface area contributed by atoms with Gasteiger partial charge in [0, 0.05) is 12.6 Å². The molecule has 0 radical (unpaired) electrons. The van der Waals surface area contributed by atoms with Crippen LogP contribution in [0, 0.1) is 0 Å². The molecule has 1 unspecified atom stereocenters. The fourth-order valence-corrected chi connectivity index (χ4v) is 4.35. The third-order valence-electron chi connectivity index (χ3n) is 4.28. The summed E-state index contributed by atoms with van der Waals surface area (Å²) in [5, 5.41) is 4.88. The van der Waals surface area contributed by atoms with Gasteiger partial charge in [-0.3, -0.25) is 0 Å². The second-order valence-electron chi connectivity index (χ2n) is 6.28. The Morgan fingerprint density at radius 3 is 1.68 bits per heavy atom. The maximum absolute atomic E-state index is 13.7. The molecule has 0 aliphatic rings. The van der Waals surface area contributed by atoms with E-state index in [0.717, 1.165) is 5.56 Å². The van der Waals surface area contributed by atoms with E-state index in [1.165, 1.54) is 0 Å². The first kappa shape index (κ1) is 20.2. The first-order valence-corrected chi connectivity index (χ1v) is 10.8. The van der Waals surface area contributed by atoms with Crippen molar-refractivity contribution in [3.05, 3.63) is 96.6 Å². The minimum atomic E-state index is -3.73. The Labute approximate surface area is 166 Å². The third-order valence-corrected chi connectivity index (χ3v) is 5.68. The molecule has 0 aliphatic heterocycles. The SMILES string of the molecule is CCN(NP(=O)(Oc1ccccc1)Oc1ccccc1)C(C)c1ccccc1. The number of hydrogen-bond donors (Lipinski definition) is 1. The second-order valence-corrected chi connectivity index (χ2v) is 7.84. The highest BCUT2D eigenvalue weighted by Gasteiger charge is 2.33. The molecule has 3 aromatic carbocycles. The molecule has 0 bridgehead atoms. The average Bonchev–Trinajstić information content (AvgIpc) is 2.73. The molecule has 0 amide bonds. The lowest BCUT2D eigenvalue weighted by Crippen LogP contribution is -2.39. The Morgan fingerprint density at radius 1 is 0.821 bits per heavy atom. The van der Waals surface area contributed by atoms with Crippen molar-refractivity contribution in [2.45, 2.75) is 19.9 Å². The maximum atomic E-state index is 13.7. The van der Waals surface area contributed by atoms with Crippen molar-refractivity contribution in [2.75, 3.05) is 6.54 Å². The Bertz CT molecular complexity index is 846. The van der Waals surface area contributed by atoms with Crippen LogP contribution in [-0.4, -0.2) is 11.6 Å². The summed E-state index contributed by atoms with van der Waals surface area (Å²) in [6, 6.07) is 28.0. The molecule has 6 heteroatoms. The van der Waals surface area contributed by atoms with E-state index in [-0.39, 0.29) is 6.04 Å². The molecule has 0 aromatic heterocycles. The van der Waals surface area contributed by atoms with Gasteiger partial charge in [-0.25, -0.2) is 9.57 Å². The number of hydrogen-bond acceptors (Lipinski definition) is 4. The van der Waals surface area contributed by atoms with Gasteiger partial charge in [-0.1, -0.05) is 73.7 Å². The maximum Gasteiger partial charge on any atom is 0.526 e. The molecular weight excluding hydrogens is 371 g/mol. The Morgan fingerprint density at radius 2 is 1.25 bits per heavy atom. The molecule has 0 fully saturated rings. The summed E-state index contributed by atoms with van der Waals surface area (Å²) in [5.74, 6) is 0.940. The molecule has 0 spiro atoms. The van der Waals surface area contributed by atoms with Crippen molar-refractivity contribution in [2.24, 2.45) is 0 Å². The summed E-state index contributed by atoms with van der Waals surface area (Å²) < 4.78 is 25.3. The molecule has 28 heavy (non-hydrogen) atoms. The molecule has 5 nitrogen and oxygen atoms in total. The molecule has 0 aliphatic carbocycles. The number of nitrogens with zero attached hydrogens (tertiary/aromatic N) is 1. The largest absolute Gasteiger partial charge is 0.526 e. The lowest BCUT2D eigenvalue weighted by Gasteiger charge is -2.31. The smallest absolute Gasteiger partial charge is 0.404 e. The normalized spacial score (nSPS) is 12.5. The first-order valence-electron chi connectivity index (χ1n) is 9.28. The van der Waals surface area contributed by atoms with Gasteiger partial charge in [0.2, 0.25) is 0 Å². The number of benzene rings is 3. The quantitative estimate of drug-likeness (QED) is 0.364. The Kier molecular flexibility index (Phi) is 6.88. The van der Waals surface area contributed by atoms with Gasteiger partial charge < -0.3 is 9.05 Å². The Balaban J connectivity index is 1.85. The van der Waals surface area contributed by atoms with Crippen LogP contribution < -0.4 is 14.2 Å². The van der Waals surface area contributed by atoms with Crippen LogP contribution in [0.15, 0.2) is 91.0 Å². The molecular formula is C22H25N2O3P. The zero-order valence-electron chi connectivity index (χ0n) is 16.1. The van der Waals surface area contributed by atoms with Crippen LogP contribution in [0.3, 0.4) is 0 Å². The number of nitrogens with one attached hydrogen (secondary N) is 1. The molecule has 0 saturated heterocycles. The average molecular weight is 396 g/mol. The molecule has 146 valence electrons. The van der Waals surface area contributed by atoms with Gasteiger partial charge in [0.25, 0.3) is 0 Å². The van der Waals surface area contributed by atoms with E-state index in [0.29, 0.717) is 18.0 Å². The standard InChI is InChI=1S/C22H25N2O3P/c1-3-24(19(2)20-13-7-4-8-14-20)23-28(25,26-21-15-9-5-10-16-21)27-22-17-11-6-12-18-22/h4-19H,3H2,1-2H3,(H,23,25). The highest BCUT2D eigenvalue weighted by atomic mass is 31.2. The number of rotatable bonds is 9. The van der Waals surface area contributed by atoms with Gasteiger partial charge in [-0.05, 0) is 36.8 Å². The van der Waals surface area contributed by atoms with E-state index in [4.69, 9.17) is 9.05 Å². The van der Waals surface area contributed by atoms with Crippen LogP contribution in [0.2, 0.25) is 0 Å². The van der Waals surface area contributed by atoms with Crippen LogP contribution in [0.1, 0.15) is 25.5 Å². The lowest BCUT2D eigenvalue weighted by molar-refractivity contribution is 0.168. The number of hydrazine groups is 1. The summed E-state index contributed by atoms with van der Waals surface area (Å²) in [6.45, 7) is 4.64. The molecule has 1 atom stereocenters. The Hall–Kier alpha value is -2.59. The summed E-state index contributed by atoms with van der Waals surface area (Å²) in [4.78, 5) is 0. The minimum Gasteiger partial charge on any atom is -0.404 e. The van der Waals surface area contributed by atoms with Crippen molar-refractivity contribution >= 4 is 7.75 Å². The molecule has 1 N–H and O–H groups in total. The summed E-state index contributed by atoms with van der Waals surface area (Å²) in [7, 11) is -3.73. The van der Waals surface area contributed by atoms with Gasteiger partial charge >= 0.3 is 7.75 Å². The lowest BCUT2D eigenvalue weighted by atomic mass is 10.1. The van der Waals surface area contributed by atoms with E-state index in [1.807, 2.05) is 85.6 Å². The molecule has 0 saturated carbocycles. The number of para-hydroxylation sites is 2. The van der Waals surface area contributed by atoms with Gasteiger partial charge in [0.1, 0.15) is 11.5 Å². The third kappa shape index (κ3) is 5.46. The fraction of sp³-hybridized carbons (Fsp3) is 0.182. The van der Waals surface area contributed by atoms with Crippen molar-refractivity contribution < 1.29 is 13.6 Å². The predicted molar refractivity (Wildman–Crippen MR) is 112 cm³/mol. The summed E-state index contributed by atoms with van der Waals surface area (Å²) in [6.07, 6.45) is 0. The highest BCUT2D eigenvalue weighted by Crippen LogP contribution is 2.45. The van der Waals surface area contributed by atoms with Crippen molar-refractivity contribution in [3.63, 3.8) is 0 Å². The second kappa shape index (κ2) is 9.56. The van der Waals surface area contributed by atoms with Gasteiger partial charge in [0.05, 0.1) is 0 Å². The molecule has 0 heterocycles. The zero-order valence-corrected chi connectivity index (χ0v) is 17.0. The van der Waals surface area contributed by atoms with Crippen LogP contribution in [0.25, 0.3) is 0 Å². The highest BCUT2D eigenvalue weighted by molar-refractivity contribution is 7.52. The monoisotopic (exact) mass is 396 g/mol. The van der Waals surface area contributed by atoms with Crippen LogP contribution in [-0.2, 0) is 4.57 Å². The molecule has 3 aromatic rings. The van der Waals surface area contributed by atoms with Crippen LogP contribution in [0.4, 0.5) is 0 Å². The summed E-state index contributed by atoms with van der Waals surface area (Å²) >= 11 is 0.